The van der Waals surface area contributed by atoms with E-state index in [4.69, 9.17) is 0 Å². The van der Waals surface area contributed by atoms with Crippen LogP contribution in [0.15, 0.2) is 17.5 Å². The number of likely N-dealkylation sites (tertiary alicyclic amines) is 1. The maximum absolute atomic E-state index is 12.9. The molecule has 1 fully saturated rings. The number of H-pyrrole nitrogens is 1. The Hall–Kier alpha value is -3.14. The van der Waals surface area contributed by atoms with Crippen LogP contribution < -0.4 is 5.32 Å². The van der Waals surface area contributed by atoms with Gasteiger partial charge in [0.05, 0.1) is 17.5 Å². The number of carbonyl (C=O) groups excluding carboxylic acids is 2. The maximum Gasteiger partial charge on any atom is 0.263 e. The summed E-state index contributed by atoms with van der Waals surface area (Å²) in [6, 6.07) is 5.98. The van der Waals surface area contributed by atoms with Gasteiger partial charge in [-0.05, 0) is 67.7 Å². The van der Waals surface area contributed by atoms with Gasteiger partial charge in [-0.2, -0.15) is 10.5 Å². The summed E-state index contributed by atoms with van der Waals surface area (Å²) in [6.07, 6.45) is 3.85. The van der Waals surface area contributed by atoms with Gasteiger partial charge < -0.3 is 15.1 Å². The molecule has 3 atom stereocenters. The fourth-order valence-electron chi connectivity index (χ4n) is 5.50. The second-order valence-corrected chi connectivity index (χ2v) is 11.9. The van der Waals surface area contributed by atoms with Crippen LogP contribution in [0.4, 0.5) is 0 Å². The SMILES string of the molecule is C[C@H](CC1(c2nn[nH]n2)c2sccc2CCc2cc(C(=O)N(C)C)sc21)NCC(=O)N1CCC[C@H]1C#N. The van der Waals surface area contributed by atoms with Gasteiger partial charge in [-0.15, -0.1) is 32.9 Å². The van der Waals surface area contributed by atoms with Crippen molar-refractivity contribution in [3.8, 4) is 6.07 Å². The Morgan fingerprint density at radius 2 is 2.16 bits per heavy atom. The van der Waals surface area contributed by atoms with Crippen LogP contribution in [0, 0.1) is 11.3 Å². The first kappa shape index (κ1) is 25.5. The van der Waals surface area contributed by atoms with Crippen LogP contribution >= 0.6 is 22.7 Å². The topological polar surface area (TPSA) is 131 Å². The van der Waals surface area contributed by atoms with Crippen molar-refractivity contribution in [1.82, 2.24) is 35.7 Å². The number of aromatic nitrogens is 4. The van der Waals surface area contributed by atoms with Crippen molar-refractivity contribution in [2.24, 2.45) is 0 Å². The predicted molar refractivity (Wildman–Crippen MR) is 141 cm³/mol. The Kier molecular flexibility index (Phi) is 7.11. The van der Waals surface area contributed by atoms with E-state index in [1.807, 2.05) is 6.07 Å². The third kappa shape index (κ3) is 4.56. The van der Waals surface area contributed by atoms with E-state index in [1.165, 1.54) is 16.9 Å². The second kappa shape index (κ2) is 10.3. The van der Waals surface area contributed by atoms with Gasteiger partial charge in [0, 0.05) is 36.4 Å². The number of nitrogens with one attached hydrogen (secondary N) is 2. The third-order valence-corrected chi connectivity index (χ3v) is 9.72. The van der Waals surface area contributed by atoms with Gasteiger partial charge >= 0.3 is 0 Å². The van der Waals surface area contributed by atoms with Crippen LogP contribution in [0.1, 0.15) is 62.6 Å². The van der Waals surface area contributed by atoms with Gasteiger partial charge in [0.1, 0.15) is 11.5 Å². The summed E-state index contributed by atoms with van der Waals surface area (Å²) in [5.74, 6) is 0.480. The molecule has 1 aliphatic carbocycles. The number of rotatable bonds is 7. The highest BCUT2D eigenvalue weighted by atomic mass is 32.1. The lowest BCUT2D eigenvalue weighted by Gasteiger charge is -2.33. The number of carbonyl (C=O) groups is 2. The number of nitriles is 1. The molecule has 2 aliphatic rings. The molecule has 0 radical (unpaired) electrons. The van der Waals surface area contributed by atoms with Crippen molar-refractivity contribution in [2.45, 2.75) is 56.5 Å². The van der Waals surface area contributed by atoms with E-state index in [0.29, 0.717) is 23.7 Å². The minimum Gasteiger partial charge on any atom is -0.344 e. The molecule has 2 N–H and O–H groups in total. The zero-order chi connectivity index (χ0) is 26.2. The predicted octanol–water partition coefficient (Wildman–Crippen LogP) is 2.34. The average molecular weight is 539 g/mol. The van der Waals surface area contributed by atoms with E-state index in [1.54, 1.807) is 35.2 Å². The van der Waals surface area contributed by atoms with Crippen molar-refractivity contribution in [2.75, 3.05) is 27.2 Å². The number of hydrogen-bond acceptors (Lipinski definition) is 9. The van der Waals surface area contributed by atoms with Gasteiger partial charge in [0.25, 0.3) is 5.91 Å². The molecule has 0 spiro atoms. The number of fused-ring (bicyclic) bond motifs is 2. The number of amides is 2. The van der Waals surface area contributed by atoms with E-state index in [2.05, 4.69) is 50.4 Å². The molecule has 0 saturated carbocycles. The van der Waals surface area contributed by atoms with Gasteiger partial charge in [-0.1, -0.05) is 5.21 Å². The van der Waals surface area contributed by atoms with Crippen LogP contribution in [0.5, 0.6) is 0 Å². The molecule has 0 bridgehead atoms. The Morgan fingerprint density at radius 1 is 1.35 bits per heavy atom. The molecule has 3 aromatic rings. The normalized spacial score (nSPS) is 21.6. The highest BCUT2D eigenvalue weighted by Crippen LogP contribution is 2.51. The Morgan fingerprint density at radius 3 is 2.89 bits per heavy atom. The zero-order valence-electron chi connectivity index (χ0n) is 21.2. The van der Waals surface area contributed by atoms with E-state index in [9.17, 15) is 14.9 Å². The van der Waals surface area contributed by atoms with Crippen molar-refractivity contribution >= 4 is 34.5 Å². The van der Waals surface area contributed by atoms with E-state index >= 15 is 0 Å². The monoisotopic (exact) mass is 538 g/mol. The first-order valence-electron chi connectivity index (χ1n) is 12.4. The summed E-state index contributed by atoms with van der Waals surface area (Å²) >= 11 is 3.17. The van der Waals surface area contributed by atoms with Crippen LogP contribution in [0.2, 0.25) is 0 Å². The average Bonchev–Trinajstić information content (AvgIpc) is 3.70. The first-order chi connectivity index (χ1) is 17.8. The Bertz CT molecular complexity index is 1320. The molecular formula is C25H30N8O2S2. The van der Waals surface area contributed by atoms with Crippen LogP contribution in [0.25, 0.3) is 0 Å². The van der Waals surface area contributed by atoms with Gasteiger partial charge in [0.2, 0.25) is 5.91 Å². The summed E-state index contributed by atoms with van der Waals surface area (Å²) < 4.78 is 0. The maximum atomic E-state index is 12.9. The highest BCUT2D eigenvalue weighted by molar-refractivity contribution is 7.15. The Labute approximate surface area is 223 Å². The molecular weight excluding hydrogens is 508 g/mol. The van der Waals surface area contributed by atoms with E-state index < -0.39 is 5.41 Å². The molecule has 1 saturated heterocycles. The van der Waals surface area contributed by atoms with Crippen molar-refractivity contribution in [1.29, 1.82) is 5.26 Å². The fourth-order valence-corrected chi connectivity index (χ4v) is 8.16. The lowest BCUT2D eigenvalue weighted by Crippen LogP contribution is -2.45. The van der Waals surface area contributed by atoms with E-state index in [-0.39, 0.29) is 30.4 Å². The van der Waals surface area contributed by atoms with Gasteiger partial charge in [0.15, 0.2) is 5.82 Å². The quantitative estimate of drug-likeness (QED) is 0.472. The molecule has 194 valence electrons. The molecule has 5 rings (SSSR count). The highest BCUT2D eigenvalue weighted by Gasteiger charge is 2.48. The van der Waals surface area contributed by atoms with Gasteiger partial charge in [-0.25, -0.2) is 0 Å². The fraction of sp³-hybridized carbons (Fsp3) is 0.520. The largest absolute Gasteiger partial charge is 0.344 e. The number of aryl methyl sites for hydroxylation is 2. The summed E-state index contributed by atoms with van der Waals surface area (Å²) in [6.45, 7) is 2.83. The van der Waals surface area contributed by atoms with Gasteiger partial charge in [-0.3, -0.25) is 9.59 Å². The Balaban J connectivity index is 1.51. The minimum absolute atomic E-state index is 0.0269. The van der Waals surface area contributed by atoms with Crippen LogP contribution in [-0.2, 0) is 23.1 Å². The smallest absolute Gasteiger partial charge is 0.263 e. The molecule has 0 aromatic carbocycles. The molecule has 4 heterocycles. The molecule has 12 heteroatoms. The zero-order valence-corrected chi connectivity index (χ0v) is 22.8. The first-order valence-corrected chi connectivity index (χ1v) is 14.1. The van der Waals surface area contributed by atoms with Crippen LogP contribution in [0.3, 0.4) is 0 Å². The number of nitrogens with zero attached hydrogens (tertiary/aromatic N) is 6. The number of thiophene rings is 2. The number of tetrazole rings is 1. The second-order valence-electron chi connectivity index (χ2n) is 9.94. The van der Waals surface area contributed by atoms with E-state index in [0.717, 1.165) is 41.0 Å². The summed E-state index contributed by atoms with van der Waals surface area (Å²) in [7, 11) is 3.52. The van der Waals surface area contributed by atoms with Crippen molar-refractivity contribution in [3.05, 3.63) is 49.1 Å². The minimum atomic E-state index is -0.712. The van der Waals surface area contributed by atoms with Crippen LogP contribution in [-0.4, -0.2) is 81.5 Å². The lowest BCUT2D eigenvalue weighted by atomic mass is 9.76. The summed E-state index contributed by atoms with van der Waals surface area (Å²) in [5.41, 5.74) is 1.66. The molecule has 1 aliphatic heterocycles. The molecule has 2 amide bonds. The number of aromatic amines is 1. The summed E-state index contributed by atoms with van der Waals surface area (Å²) in [4.78, 5) is 32.0. The molecule has 1 unspecified atom stereocenters. The standard InChI is InChI=1S/C25H30N8O2S2/c1-15(27-14-20(34)33-9-4-5-18(33)13-26)12-25(24-28-30-31-29-24)21-16(8-10-36-21)6-7-17-11-19(37-22(17)25)23(35)32(2)3/h8,10-11,15,18,27H,4-7,9,12,14H2,1-3H3,(H,28,29,30,31)/t15-,18+,25?/m1/s1. The van der Waals surface area contributed by atoms with Crippen molar-refractivity contribution in [3.63, 3.8) is 0 Å². The molecule has 10 nitrogen and oxygen atoms in total. The third-order valence-electron chi connectivity index (χ3n) is 7.28. The summed E-state index contributed by atoms with van der Waals surface area (Å²) in [5, 5.41) is 30.4. The molecule has 3 aromatic heterocycles. The molecule has 37 heavy (non-hydrogen) atoms. The number of hydrogen-bond donors (Lipinski definition) is 2. The lowest BCUT2D eigenvalue weighted by molar-refractivity contribution is -0.130. The van der Waals surface area contributed by atoms with Crippen molar-refractivity contribution < 1.29 is 9.59 Å².